The van der Waals surface area contributed by atoms with Crippen LogP contribution in [0.15, 0.2) is 24.3 Å². The van der Waals surface area contributed by atoms with Gasteiger partial charge in [-0.1, -0.05) is 17.7 Å². The predicted molar refractivity (Wildman–Crippen MR) is 95.2 cm³/mol. The molecule has 4 rings (SSSR count). The number of hydrogen-bond donors (Lipinski definition) is 1. The van der Waals surface area contributed by atoms with E-state index >= 15 is 0 Å². The molecule has 1 spiro atoms. The van der Waals surface area contributed by atoms with Crippen LogP contribution in [-0.2, 0) is 9.59 Å². The second kappa shape index (κ2) is 6.13. The van der Waals surface area contributed by atoms with Crippen molar-refractivity contribution in [3.63, 3.8) is 0 Å². The first-order valence-electron chi connectivity index (χ1n) is 9.39. The Labute approximate surface area is 148 Å². The summed E-state index contributed by atoms with van der Waals surface area (Å²) in [4.78, 5) is 30.1. The van der Waals surface area contributed by atoms with Crippen LogP contribution in [0.2, 0.25) is 0 Å². The van der Waals surface area contributed by atoms with Gasteiger partial charge in [0.1, 0.15) is 5.54 Å². The first kappa shape index (κ1) is 16.6. The summed E-state index contributed by atoms with van der Waals surface area (Å²) in [5.74, 6) is 0.0442. The van der Waals surface area contributed by atoms with Crippen LogP contribution < -0.4 is 4.90 Å². The van der Waals surface area contributed by atoms with Gasteiger partial charge in [0.15, 0.2) is 0 Å². The number of aliphatic hydroxyl groups excluding tert-OH is 1. The van der Waals surface area contributed by atoms with E-state index in [9.17, 15) is 14.7 Å². The summed E-state index contributed by atoms with van der Waals surface area (Å²) in [6.07, 6.45) is 4.05. The number of likely N-dealkylation sites (tertiary alicyclic amines) is 1. The molecule has 0 bridgehead atoms. The molecule has 2 saturated heterocycles. The lowest BCUT2D eigenvalue weighted by Crippen LogP contribution is -2.63. The van der Waals surface area contributed by atoms with Crippen molar-refractivity contribution in [3.05, 3.63) is 29.8 Å². The average Bonchev–Trinajstić information content (AvgIpc) is 2.99. The molecule has 25 heavy (non-hydrogen) atoms. The van der Waals surface area contributed by atoms with E-state index in [0.717, 1.165) is 31.4 Å². The van der Waals surface area contributed by atoms with Gasteiger partial charge in [-0.2, -0.15) is 0 Å². The molecule has 2 amide bonds. The van der Waals surface area contributed by atoms with Gasteiger partial charge in [0.2, 0.25) is 5.91 Å². The molecule has 134 valence electrons. The van der Waals surface area contributed by atoms with Crippen LogP contribution in [0.1, 0.15) is 44.1 Å². The van der Waals surface area contributed by atoms with Crippen molar-refractivity contribution >= 4 is 17.5 Å². The molecule has 1 unspecified atom stereocenters. The van der Waals surface area contributed by atoms with Crippen molar-refractivity contribution in [2.24, 2.45) is 5.92 Å². The van der Waals surface area contributed by atoms with E-state index in [1.165, 1.54) is 5.56 Å². The number of hydrogen-bond acceptors (Lipinski definition) is 3. The van der Waals surface area contributed by atoms with Crippen molar-refractivity contribution in [3.8, 4) is 0 Å². The quantitative estimate of drug-likeness (QED) is 0.897. The van der Waals surface area contributed by atoms with Gasteiger partial charge in [-0.3, -0.25) is 9.59 Å². The highest BCUT2D eigenvalue weighted by Crippen LogP contribution is 2.42. The minimum absolute atomic E-state index is 0.0712. The van der Waals surface area contributed by atoms with Gasteiger partial charge >= 0.3 is 0 Å². The van der Waals surface area contributed by atoms with Crippen LogP contribution in [-0.4, -0.2) is 46.6 Å². The number of carbonyl (C=O) groups is 2. The number of piperidine rings is 1. The van der Waals surface area contributed by atoms with Gasteiger partial charge in [0, 0.05) is 24.7 Å². The Morgan fingerprint density at radius 2 is 1.76 bits per heavy atom. The predicted octanol–water partition coefficient (Wildman–Crippen LogP) is 2.25. The maximum absolute atomic E-state index is 13.4. The highest BCUT2D eigenvalue weighted by Gasteiger charge is 2.54. The molecule has 1 aromatic carbocycles. The van der Waals surface area contributed by atoms with Crippen LogP contribution in [0.5, 0.6) is 0 Å². The molecular formula is C20H26N2O3. The molecule has 0 aromatic heterocycles. The second-order valence-electron chi connectivity index (χ2n) is 7.84. The number of nitrogens with zero attached hydrogens (tertiary/aromatic N) is 2. The zero-order chi connectivity index (χ0) is 17.6. The minimum Gasteiger partial charge on any atom is -0.393 e. The fourth-order valence-electron chi connectivity index (χ4n) is 4.65. The van der Waals surface area contributed by atoms with Crippen LogP contribution >= 0.6 is 0 Å². The third-order valence-electron chi connectivity index (χ3n) is 6.18. The Balaban J connectivity index is 1.60. The Kier molecular flexibility index (Phi) is 4.07. The number of anilines is 1. The van der Waals surface area contributed by atoms with E-state index in [0.29, 0.717) is 25.9 Å². The zero-order valence-electron chi connectivity index (χ0n) is 14.8. The normalized spacial score (nSPS) is 32.2. The number of benzene rings is 1. The minimum atomic E-state index is -0.666. The van der Waals surface area contributed by atoms with E-state index < -0.39 is 5.54 Å². The Hall–Kier alpha value is -1.88. The molecule has 2 heterocycles. The van der Waals surface area contributed by atoms with Gasteiger partial charge in [0.25, 0.3) is 5.91 Å². The standard InChI is InChI=1S/C20H26N2O3/c1-14-4-6-16(7-5-14)21-10-2-8-20(19(21)25)9-3-11-22(20)18(24)15-12-17(23)13-15/h4-7,15,17,23H,2-3,8-13H2,1H3. The first-order chi connectivity index (χ1) is 12.0. The Morgan fingerprint density at radius 3 is 2.40 bits per heavy atom. The zero-order valence-corrected chi connectivity index (χ0v) is 14.8. The number of rotatable bonds is 2. The molecule has 5 heteroatoms. The van der Waals surface area contributed by atoms with E-state index in [2.05, 4.69) is 0 Å². The molecular weight excluding hydrogens is 316 g/mol. The van der Waals surface area contributed by atoms with Crippen molar-refractivity contribution in [2.75, 3.05) is 18.0 Å². The smallest absolute Gasteiger partial charge is 0.252 e. The second-order valence-corrected chi connectivity index (χ2v) is 7.84. The molecule has 1 aromatic rings. The third-order valence-corrected chi connectivity index (χ3v) is 6.18. The summed E-state index contributed by atoms with van der Waals surface area (Å²) in [5.41, 5.74) is 1.43. The van der Waals surface area contributed by atoms with E-state index in [1.54, 1.807) is 0 Å². The molecule has 1 saturated carbocycles. The first-order valence-corrected chi connectivity index (χ1v) is 9.39. The molecule has 3 fully saturated rings. The van der Waals surface area contributed by atoms with Crippen LogP contribution in [0.3, 0.4) is 0 Å². The lowest BCUT2D eigenvalue weighted by atomic mass is 9.79. The molecule has 2 aliphatic heterocycles. The molecule has 3 aliphatic rings. The average molecular weight is 342 g/mol. The largest absolute Gasteiger partial charge is 0.393 e. The van der Waals surface area contributed by atoms with Crippen molar-refractivity contribution in [1.82, 2.24) is 4.90 Å². The van der Waals surface area contributed by atoms with Gasteiger partial charge in [0.05, 0.1) is 6.10 Å². The van der Waals surface area contributed by atoms with Crippen LogP contribution in [0, 0.1) is 12.8 Å². The van der Waals surface area contributed by atoms with E-state index in [-0.39, 0.29) is 23.8 Å². The molecule has 1 aliphatic carbocycles. The third kappa shape index (κ3) is 2.65. The lowest BCUT2D eigenvalue weighted by Gasteiger charge is -2.46. The molecule has 5 nitrogen and oxygen atoms in total. The number of aryl methyl sites for hydroxylation is 1. The maximum Gasteiger partial charge on any atom is 0.252 e. The SMILES string of the molecule is Cc1ccc(N2CCCC3(CCCN3C(=O)C3CC(O)C3)C2=O)cc1. The maximum atomic E-state index is 13.4. The number of carbonyl (C=O) groups excluding carboxylic acids is 2. The highest BCUT2D eigenvalue weighted by atomic mass is 16.3. The number of aliphatic hydroxyl groups is 1. The monoisotopic (exact) mass is 342 g/mol. The van der Waals surface area contributed by atoms with Gasteiger partial charge < -0.3 is 14.9 Å². The van der Waals surface area contributed by atoms with Gasteiger partial charge in [-0.25, -0.2) is 0 Å². The topological polar surface area (TPSA) is 60.9 Å². The van der Waals surface area contributed by atoms with E-state index in [1.807, 2.05) is 41.0 Å². The van der Waals surface area contributed by atoms with Crippen molar-refractivity contribution in [1.29, 1.82) is 0 Å². The Bertz CT molecular complexity index is 681. The van der Waals surface area contributed by atoms with Gasteiger partial charge in [-0.15, -0.1) is 0 Å². The summed E-state index contributed by atoms with van der Waals surface area (Å²) in [5, 5.41) is 9.53. The Morgan fingerprint density at radius 1 is 1.12 bits per heavy atom. The summed E-state index contributed by atoms with van der Waals surface area (Å²) in [6, 6.07) is 8.04. The van der Waals surface area contributed by atoms with Crippen molar-refractivity contribution in [2.45, 2.75) is 57.1 Å². The van der Waals surface area contributed by atoms with Crippen LogP contribution in [0.25, 0.3) is 0 Å². The van der Waals surface area contributed by atoms with Crippen LogP contribution in [0.4, 0.5) is 5.69 Å². The summed E-state index contributed by atoms with van der Waals surface area (Å²) in [7, 11) is 0. The van der Waals surface area contributed by atoms with Crippen molar-refractivity contribution < 1.29 is 14.7 Å². The highest BCUT2D eigenvalue weighted by molar-refractivity contribution is 6.03. The van der Waals surface area contributed by atoms with Gasteiger partial charge in [-0.05, 0) is 57.6 Å². The fraction of sp³-hybridized carbons (Fsp3) is 0.600. The molecule has 1 N–H and O–H groups in total. The lowest BCUT2D eigenvalue weighted by molar-refractivity contribution is -0.153. The van der Waals surface area contributed by atoms with E-state index in [4.69, 9.17) is 0 Å². The summed E-state index contributed by atoms with van der Waals surface area (Å²) in [6.45, 7) is 3.42. The number of amides is 2. The summed E-state index contributed by atoms with van der Waals surface area (Å²) < 4.78 is 0. The summed E-state index contributed by atoms with van der Waals surface area (Å²) >= 11 is 0. The molecule has 1 atom stereocenters. The fourth-order valence-corrected chi connectivity index (χ4v) is 4.65. The molecule has 0 radical (unpaired) electrons.